The van der Waals surface area contributed by atoms with Crippen LogP contribution in [0.1, 0.15) is 33.6 Å². The largest absolute Gasteiger partial charge is 0.506 e. The van der Waals surface area contributed by atoms with Gasteiger partial charge in [-0.3, -0.25) is 29.8 Å². The molecule has 0 aromatic heterocycles. The zero-order valence-corrected chi connectivity index (χ0v) is 27.9. The third-order valence-corrected chi connectivity index (χ3v) is 8.30. The third-order valence-electron chi connectivity index (χ3n) is 7.70. The van der Waals surface area contributed by atoms with Crippen molar-refractivity contribution in [1.82, 2.24) is 0 Å². The molecule has 3 aromatic rings. The number of ketones is 1. The number of aromatic hydroxyl groups is 1. The van der Waals surface area contributed by atoms with Crippen LogP contribution in [0.2, 0.25) is 10.0 Å². The van der Waals surface area contributed by atoms with E-state index >= 15 is 0 Å². The molecule has 3 N–H and O–H groups in total. The number of aromatic carboxylic acids is 1. The average molecular weight is 741 g/mol. The number of nitro groups is 2. The lowest BCUT2D eigenvalue weighted by Gasteiger charge is -2.18. The summed E-state index contributed by atoms with van der Waals surface area (Å²) < 4.78 is 16.8. The maximum atomic E-state index is 13.0. The standard InChI is InChI=1S/C34H27Cl2N3O12/c35-24-14-22-31(16-29(24)41)51-32-17-30(42)25(36)15-23(32)33(22)20-5-3-18(12-21(20)34(43)44)28(40)2-1-8-49-10-11-50-9-7-37-26-6-4-19(38(45)46)13-27(26)39(47)48/h3-6,12-17,37,41H,1-2,7-11H2,(H,43,44). The Balaban J connectivity index is 1.17. The Bertz CT molecular complexity index is 2200. The van der Waals surface area contributed by atoms with Crippen LogP contribution in [0.25, 0.3) is 33.4 Å². The van der Waals surface area contributed by atoms with E-state index in [1.54, 1.807) is 0 Å². The second-order valence-corrected chi connectivity index (χ2v) is 11.8. The Morgan fingerprint density at radius 1 is 0.863 bits per heavy atom. The van der Waals surface area contributed by atoms with Crippen molar-refractivity contribution in [3.63, 3.8) is 0 Å². The van der Waals surface area contributed by atoms with Crippen molar-refractivity contribution in [2.24, 2.45) is 0 Å². The van der Waals surface area contributed by atoms with Crippen LogP contribution in [-0.4, -0.2) is 64.8 Å². The van der Waals surface area contributed by atoms with E-state index in [1.807, 2.05) is 0 Å². The van der Waals surface area contributed by atoms with Gasteiger partial charge in [-0.25, -0.2) is 4.79 Å². The van der Waals surface area contributed by atoms with Crippen molar-refractivity contribution >= 4 is 63.0 Å². The number of carboxylic acid groups (broad SMARTS) is 1. The number of non-ortho nitro benzene ring substituents is 1. The summed E-state index contributed by atoms with van der Waals surface area (Å²) in [6.07, 6.45) is 0.395. The molecule has 0 unspecified atom stereocenters. The fourth-order valence-corrected chi connectivity index (χ4v) is 5.62. The topological polar surface area (TPSA) is 222 Å². The molecule has 2 aliphatic rings. The van der Waals surface area contributed by atoms with Crippen molar-refractivity contribution in [2.75, 3.05) is 38.3 Å². The monoisotopic (exact) mass is 739 g/mol. The molecule has 17 heteroatoms. The van der Waals surface area contributed by atoms with E-state index in [0.717, 1.165) is 18.2 Å². The van der Waals surface area contributed by atoms with Crippen LogP contribution >= 0.6 is 23.2 Å². The van der Waals surface area contributed by atoms with Gasteiger partial charge in [-0.05, 0) is 36.2 Å². The van der Waals surface area contributed by atoms with Crippen molar-refractivity contribution < 1.29 is 43.5 Å². The first-order valence-corrected chi connectivity index (χ1v) is 15.9. The van der Waals surface area contributed by atoms with Gasteiger partial charge in [0.1, 0.15) is 22.8 Å². The summed E-state index contributed by atoms with van der Waals surface area (Å²) in [4.78, 5) is 58.5. The van der Waals surface area contributed by atoms with E-state index in [-0.39, 0.29) is 94.7 Å². The second-order valence-electron chi connectivity index (χ2n) is 11.0. The SMILES string of the molecule is O=C(CCCOCCOCCNc1ccc([N+](=O)[O-])cc1[N+](=O)[O-])c1ccc(-c2c3cc(Cl)c(=O)cc-3oc3cc(O)c(Cl)cc23)c(C(=O)O)c1. The number of hydrogen-bond donors (Lipinski definition) is 3. The number of phenolic OH excluding ortho intramolecular Hbond substituents is 1. The minimum absolute atomic E-state index is 0.0210. The van der Waals surface area contributed by atoms with Gasteiger partial charge < -0.3 is 29.4 Å². The molecule has 3 aromatic carbocycles. The first-order valence-electron chi connectivity index (χ1n) is 15.2. The molecule has 0 fully saturated rings. The minimum atomic E-state index is -1.32. The third kappa shape index (κ3) is 8.41. The summed E-state index contributed by atoms with van der Waals surface area (Å²) in [6, 6.07) is 12.7. The molecule has 1 aliphatic heterocycles. The molecule has 15 nitrogen and oxygen atoms in total. The summed E-state index contributed by atoms with van der Waals surface area (Å²) in [7, 11) is 0. The first kappa shape index (κ1) is 36.7. The fraction of sp³-hybridized carbons (Fsp3) is 0.206. The molecule has 0 radical (unpaired) electrons. The van der Waals surface area contributed by atoms with Crippen molar-refractivity contribution in [3.8, 4) is 28.2 Å². The molecule has 0 bridgehead atoms. The second kappa shape index (κ2) is 15.9. The quantitative estimate of drug-likeness (QED) is 0.0300. The molecular weight excluding hydrogens is 713 g/mol. The number of rotatable bonds is 16. The van der Waals surface area contributed by atoms with Gasteiger partial charge in [-0.2, -0.15) is 0 Å². The number of carbonyl (C=O) groups excluding carboxylic acids is 1. The zero-order valence-electron chi connectivity index (χ0n) is 26.4. The Labute approximate surface area is 297 Å². The van der Waals surface area contributed by atoms with Gasteiger partial charge >= 0.3 is 5.97 Å². The van der Waals surface area contributed by atoms with Crippen LogP contribution in [0.15, 0.2) is 69.9 Å². The summed E-state index contributed by atoms with van der Waals surface area (Å²) in [5, 5.41) is 45.5. The van der Waals surface area contributed by atoms with Crippen LogP contribution in [0.5, 0.6) is 5.75 Å². The van der Waals surface area contributed by atoms with E-state index < -0.39 is 32.6 Å². The van der Waals surface area contributed by atoms with Gasteiger partial charge in [0.15, 0.2) is 5.78 Å². The number of hydrogen-bond acceptors (Lipinski definition) is 12. The van der Waals surface area contributed by atoms with Crippen molar-refractivity contribution in [3.05, 3.63) is 112 Å². The van der Waals surface area contributed by atoms with Gasteiger partial charge in [0.25, 0.3) is 11.4 Å². The van der Waals surface area contributed by atoms with Gasteiger partial charge in [-0.15, -0.1) is 0 Å². The lowest BCUT2D eigenvalue weighted by Crippen LogP contribution is -2.13. The summed E-state index contributed by atoms with van der Waals surface area (Å²) in [5.41, 5.74) is -0.285. The maximum Gasteiger partial charge on any atom is 0.336 e. The highest BCUT2D eigenvalue weighted by Crippen LogP contribution is 2.44. The van der Waals surface area contributed by atoms with E-state index in [2.05, 4.69) is 5.32 Å². The molecule has 0 saturated carbocycles. The van der Waals surface area contributed by atoms with Crippen LogP contribution in [0.4, 0.5) is 17.1 Å². The molecule has 51 heavy (non-hydrogen) atoms. The number of halogens is 2. The smallest absolute Gasteiger partial charge is 0.336 e. The number of nitrogens with zero attached hydrogens (tertiary/aromatic N) is 2. The Morgan fingerprint density at radius 2 is 1.61 bits per heavy atom. The first-order chi connectivity index (χ1) is 24.3. The van der Waals surface area contributed by atoms with E-state index in [4.69, 9.17) is 37.1 Å². The average Bonchev–Trinajstić information content (AvgIpc) is 3.09. The Morgan fingerprint density at radius 3 is 2.31 bits per heavy atom. The van der Waals surface area contributed by atoms with Crippen LogP contribution in [0.3, 0.4) is 0 Å². The van der Waals surface area contributed by atoms with Gasteiger partial charge in [0.05, 0.1) is 51.3 Å². The number of carboxylic acids is 1. The fourth-order valence-electron chi connectivity index (χ4n) is 5.30. The summed E-state index contributed by atoms with van der Waals surface area (Å²) >= 11 is 12.3. The normalized spacial score (nSPS) is 11.2. The highest BCUT2D eigenvalue weighted by Gasteiger charge is 2.25. The molecule has 0 saturated heterocycles. The number of carbonyl (C=O) groups is 2. The minimum Gasteiger partial charge on any atom is -0.506 e. The van der Waals surface area contributed by atoms with Gasteiger partial charge in [0.2, 0.25) is 5.43 Å². The zero-order chi connectivity index (χ0) is 36.8. The summed E-state index contributed by atoms with van der Waals surface area (Å²) in [5.74, 6) is -1.82. The maximum absolute atomic E-state index is 13.0. The number of fused-ring (bicyclic) bond motifs is 2. The highest BCUT2D eigenvalue weighted by atomic mass is 35.5. The van der Waals surface area contributed by atoms with Crippen LogP contribution < -0.4 is 10.7 Å². The number of benzene rings is 4. The lowest BCUT2D eigenvalue weighted by atomic mass is 9.89. The number of anilines is 1. The van der Waals surface area contributed by atoms with Gasteiger partial charge in [-0.1, -0.05) is 35.3 Å². The van der Waals surface area contributed by atoms with E-state index in [1.165, 1.54) is 42.5 Å². The predicted molar refractivity (Wildman–Crippen MR) is 187 cm³/mol. The Kier molecular flexibility index (Phi) is 11.5. The van der Waals surface area contributed by atoms with Crippen LogP contribution in [0, 0.1) is 20.2 Å². The Hall–Kier alpha value is -5.61. The molecule has 0 atom stereocenters. The molecule has 0 amide bonds. The van der Waals surface area contributed by atoms with Crippen molar-refractivity contribution in [2.45, 2.75) is 12.8 Å². The number of phenols is 1. The predicted octanol–water partition coefficient (Wildman–Crippen LogP) is 7.20. The van der Waals surface area contributed by atoms with E-state index in [0.29, 0.717) is 22.9 Å². The molecular formula is C34H27Cl2N3O12. The van der Waals surface area contributed by atoms with Gasteiger partial charge in [0, 0.05) is 59.8 Å². The molecule has 264 valence electrons. The number of Topliss-reactive ketones (excluding diaryl/α,β-unsaturated/α-hetero) is 1. The number of nitrogens with one attached hydrogen (secondary N) is 1. The number of nitro benzene ring substituents is 2. The highest BCUT2D eigenvalue weighted by molar-refractivity contribution is 6.33. The van der Waals surface area contributed by atoms with Crippen molar-refractivity contribution in [1.29, 1.82) is 0 Å². The lowest BCUT2D eigenvalue weighted by molar-refractivity contribution is -0.393. The molecule has 0 spiro atoms. The number of ether oxygens (including phenoxy) is 2. The van der Waals surface area contributed by atoms with E-state index in [9.17, 15) is 44.8 Å². The summed E-state index contributed by atoms with van der Waals surface area (Å²) in [6.45, 7) is 0.984. The molecule has 1 heterocycles. The molecule has 5 rings (SSSR count). The van der Waals surface area contributed by atoms with Crippen LogP contribution in [-0.2, 0) is 9.47 Å². The molecule has 1 aliphatic carbocycles.